The summed E-state index contributed by atoms with van der Waals surface area (Å²) in [4.78, 5) is 29.9. The van der Waals surface area contributed by atoms with Crippen LogP contribution in [0.4, 0.5) is 10.1 Å². The lowest BCUT2D eigenvalue weighted by molar-refractivity contribution is -0.133. The van der Waals surface area contributed by atoms with Crippen molar-refractivity contribution < 1.29 is 17.6 Å². The minimum atomic E-state index is -3.98. The Morgan fingerprint density at radius 1 is 0.973 bits per heavy atom. The molecule has 3 heterocycles. The summed E-state index contributed by atoms with van der Waals surface area (Å²) in [6.45, 7) is 4.19. The fourth-order valence-electron chi connectivity index (χ4n) is 5.31. The van der Waals surface area contributed by atoms with Crippen molar-refractivity contribution in [3.05, 3.63) is 70.9 Å². The minimum absolute atomic E-state index is 0.00172. The fourth-order valence-corrected chi connectivity index (χ4v) is 6.95. The zero-order valence-electron chi connectivity index (χ0n) is 20.8. The third-order valence-electron chi connectivity index (χ3n) is 7.32. The summed E-state index contributed by atoms with van der Waals surface area (Å²) in [6.07, 6.45) is 3.29. The van der Waals surface area contributed by atoms with Gasteiger partial charge in [-0.05, 0) is 37.0 Å². The number of benzene rings is 2. The average Bonchev–Trinajstić information content (AvgIpc) is 2.90. The van der Waals surface area contributed by atoms with E-state index < -0.39 is 15.6 Å². The second-order valence-corrected chi connectivity index (χ2v) is 11.8. The molecule has 1 atom stereocenters. The van der Waals surface area contributed by atoms with Gasteiger partial charge >= 0.3 is 0 Å². The van der Waals surface area contributed by atoms with Gasteiger partial charge in [0.2, 0.25) is 15.9 Å². The monoisotopic (exact) mass is 526 g/mol. The van der Waals surface area contributed by atoms with Gasteiger partial charge in [0.1, 0.15) is 17.3 Å². The van der Waals surface area contributed by atoms with Crippen LogP contribution in [0.2, 0.25) is 0 Å². The summed E-state index contributed by atoms with van der Waals surface area (Å²) < 4.78 is 44.5. The number of likely N-dealkylation sites (tertiary alicyclic amines) is 1. The van der Waals surface area contributed by atoms with E-state index in [0.717, 1.165) is 12.8 Å². The van der Waals surface area contributed by atoms with Gasteiger partial charge in [-0.2, -0.15) is 4.31 Å². The lowest BCUT2D eigenvalue weighted by atomic mass is 10.0. The number of fused-ring (bicyclic) bond motifs is 1. The molecule has 3 aromatic rings. The summed E-state index contributed by atoms with van der Waals surface area (Å²) >= 11 is 0. The van der Waals surface area contributed by atoms with Gasteiger partial charge in [-0.3, -0.25) is 9.59 Å². The molecule has 196 valence electrons. The fraction of sp³-hybridized carbons (Fsp3) is 0.407. The highest BCUT2D eigenvalue weighted by Gasteiger charge is 2.32. The highest BCUT2D eigenvalue weighted by atomic mass is 32.2. The van der Waals surface area contributed by atoms with Crippen LogP contribution in [0.5, 0.6) is 0 Å². The van der Waals surface area contributed by atoms with Crippen LogP contribution in [0.15, 0.2) is 64.4 Å². The van der Waals surface area contributed by atoms with E-state index in [1.54, 1.807) is 47.4 Å². The number of nitrogens with zero attached hydrogens (tertiary/aromatic N) is 4. The predicted octanol–water partition coefficient (Wildman–Crippen LogP) is 2.91. The maximum absolute atomic E-state index is 14.3. The molecule has 0 N–H and O–H groups in total. The summed E-state index contributed by atoms with van der Waals surface area (Å²) in [5, 5.41) is 0.590. The largest absolute Gasteiger partial charge is 0.367 e. The average molecular weight is 527 g/mol. The summed E-state index contributed by atoms with van der Waals surface area (Å²) in [6, 6.07) is 13.0. The Kier molecular flexibility index (Phi) is 7.04. The normalized spacial score (nSPS) is 19.4. The lowest BCUT2D eigenvalue weighted by Crippen LogP contribution is -2.49. The summed E-state index contributed by atoms with van der Waals surface area (Å²) in [5.41, 5.74) is 0.0569. The summed E-state index contributed by atoms with van der Waals surface area (Å²) in [5.74, 6) is -0.139. The molecule has 0 bridgehead atoms. The molecule has 0 radical (unpaired) electrons. The van der Waals surface area contributed by atoms with Crippen LogP contribution in [0.25, 0.3) is 10.8 Å². The number of amides is 1. The van der Waals surface area contributed by atoms with Crippen LogP contribution in [-0.2, 0) is 21.4 Å². The second kappa shape index (κ2) is 10.3. The predicted molar refractivity (Wildman–Crippen MR) is 141 cm³/mol. The first kappa shape index (κ1) is 25.4. The van der Waals surface area contributed by atoms with E-state index in [0.29, 0.717) is 43.2 Å². The van der Waals surface area contributed by atoms with Gasteiger partial charge in [-0.1, -0.05) is 37.3 Å². The van der Waals surface area contributed by atoms with Gasteiger partial charge in [-0.25, -0.2) is 12.8 Å². The topological polar surface area (TPSA) is 82.9 Å². The Balaban J connectivity index is 1.44. The van der Waals surface area contributed by atoms with Crippen molar-refractivity contribution in [1.82, 2.24) is 13.8 Å². The second-order valence-electron chi connectivity index (χ2n) is 9.90. The Labute approximate surface area is 215 Å². The molecule has 2 saturated heterocycles. The first-order valence-corrected chi connectivity index (χ1v) is 14.1. The molecule has 2 aromatic carbocycles. The van der Waals surface area contributed by atoms with Gasteiger partial charge in [-0.15, -0.1) is 0 Å². The van der Waals surface area contributed by atoms with E-state index >= 15 is 0 Å². The Bertz CT molecular complexity index is 1480. The number of carbonyl (C=O) groups is 1. The van der Waals surface area contributed by atoms with E-state index in [9.17, 15) is 22.4 Å². The number of para-hydroxylation sites is 1. The Morgan fingerprint density at radius 3 is 2.35 bits per heavy atom. The van der Waals surface area contributed by atoms with E-state index in [1.807, 2.05) is 4.90 Å². The van der Waals surface area contributed by atoms with E-state index in [-0.39, 0.29) is 41.6 Å². The smallest absolute Gasteiger partial charge is 0.258 e. The zero-order valence-corrected chi connectivity index (χ0v) is 21.7. The molecule has 2 aliphatic rings. The molecular weight excluding hydrogens is 495 g/mol. The standard InChI is InChI=1S/C27H31FN4O4S/c1-20-7-6-12-30(17-20)26(33)19-31-18-25(21-8-2-3-9-22(21)27(31)34)37(35,36)32-15-13-29(14-16-32)24-11-5-4-10-23(24)28/h2-5,8-11,18,20H,6-7,12-17,19H2,1H3. The van der Waals surface area contributed by atoms with Crippen LogP contribution in [0.1, 0.15) is 19.8 Å². The van der Waals surface area contributed by atoms with Crippen LogP contribution >= 0.6 is 0 Å². The van der Waals surface area contributed by atoms with Crippen LogP contribution < -0.4 is 10.5 Å². The summed E-state index contributed by atoms with van der Waals surface area (Å²) in [7, 11) is -3.98. The van der Waals surface area contributed by atoms with E-state index in [2.05, 4.69) is 6.92 Å². The number of aromatic nitrogens is 1. The Morgan fingerprint density at radius 2 is 1.65 bits per heavy atom. The van der Waals surface area contributed by atoms with Crippen molar-refractivity contribution in [1.29, 1.82) is 0 Å². The molecule has 1 amide bonds. The molecule has 2 aliphatic heterocycles. The Hall–Kier alpha value is -3.24. The van der Waals surface area contributed by atoms with Gasteiger partial charge < -0.3 is 14.4 Å². The first-order chi connectivity index (χ1) is 17.8. The van der Waals surface area contributed by atoms with Crippen LogP contribution in [0.3, 0.4) is 0 Å². The number of piperazine rings is 1. The van der Waals surface area contributed by atoms with Crippen molar-refractivity contribution in [2.24, 2.45) is 5.92 Å². The van der Waals surface area contributed by atoms with Crippen LogP contribution in [-0.4, -0.2) is 67.4 Å². The van der Waals surface area contributed by atoms with E-state index in [4.69, 9.17) is 0 Å². The zero-order chi connectivity index (χ0) is 26.2. The molecule has 8 nitrogen and oxygen atoms in total. The molecule has 5 rings (SSSR count). The number of pyridine rings is 1. The molecule has 1 aromatic heterocycles. The van der Waals surface area contributed by atoms with E-state index in [1.165, 1.54) is 21.1 Å². The third kappa shape index (κ3) is 5.00. The number of rotatable bonds is 5. The highest BCUT2D eigenvalue weighted by Crippen LogP contribution is 2.27. The number of hydrogen-bond acceptors (Lipinski definition) is 5. The molecular formula is C27H31FN4O4S. The molecule has 10 heteroatoms. The molecule has 0 aliphatic carbocycles. The minimum Gasteiger partial charge on any atom is -0.367 e. The lowest BCUT2D eigenvalue weighted by Gasteiger charge is -2.35. The number of piperidine rings is 1. The number of carbonyl (C=O) groups excluding carboxylic acids is 1. The maximum atomic E-state index is 14.3. The molecule has 37 heavy (non-hydrogen) atoms. The third-order valence-corrected chi connectivity index (χ3v) is 9.25. The number of halogens is 1. The van der Waals surface area contributed by atoms with Gasteiger partial charge in [0.25, 0.3) is 5.56 Å². The highest BCUT2D eigenvalue weighted by molar-refractivity contribution is 7.89. The maximum Gasteiger partial charge on any atom is 0.258 e. The number of hydrogen-bond donors (Lipinski definition) is 0. The van der Waals surface area contributed by atoms with Crippen molar-refractivity contribution >= 4 is 32.4 Å². The van der Waals surface area contributed by atoms with Crippen LogP contribution in [0, 0.1) is 11.7 Å². The molecule has 2 fully saturated rings. The molecule has 0 spiro atoms. The van der Waals surface area contributed by atoms with Crippen molar-refractivity contribution in [2.45, 2.75) is 31.2 Å². The molecule has 0 saturated carbocycles. The number of anilines is 1. The SMILES string of the molecule is CC1CCCN(C(=O)Cn2cc(S(=O)(=O)N3CCN(c4ccccc4F)CC3)c3ccccc3c2=O)C1. The van der Waals surface area contributed by atoms with Crippen molar-refractivity contribution in [3.8, 4) is 0 Å². The van der Waals surface area contributed by atoms with Gasteiger partial charge in [0, 0.05) is 56.2 Å². The van der Waals surface area contributed by atoms with Crippen molar-refractivity contribution in [3.63, 3.8) is 0 Å². The number of sulfonamides is 1. The first-order valence-electron chi connectivity index (χ1n) is 12.7. The van der Waals surface area contributed by atoms with Crippen molar-refractivity contribution in [2.75, 3.05) is 44.2 Å². The van der Waals surface area contributed by atoms with Gasteiger partial charge in [0.15, 0.2) is 0 Å². The van der Waals surface area contributed by atoms with Gasteiger partial charge in [0.05, 0.1) is 5.69 Å². The molecule has 1 unspecified atom stereocenters. The quantitative estimate of drug-likeness (QED) is 0.511.